The van der Waals surface area contributed by atoms with Crippen LogP contribution in [-0.2, 0) is 24.3 Å². The number of aromatic nitrogens is 1. The number of anilines is 1. The number of nitrogen functional groups attached to an aromatic ring is 1. The maximum atomic E-state index is 9.57. The molecule has 0 radical (unpaired) electrons. The van der Waals surface area contributed by atoms with E-state index in [-0.39, 0.29) is 12.1 Å². The maximum absolute atomic E-state index is 9.57. The summed E-state index contributed by atoms with van der Waals surface area (Å²) in [6.07, 6.45) is 0.0174. The molecule has 0 bridgehead atoms. The Hall–Kier alpha value is -1.42. The molecule has 0 amide bonds. The molecule has 1 aromatic heterocycles. The molecule has 0 fully saturated rings. The summed E-state index contributed by atoms with van der Waals surface area (Å²) >= 11 is 5.45. The molecule has 0 saturated carbocycles. The van der Waals surface area contributed by atoms with Crippen LogP contribution in [0.5, 0.6) is 0 Å². The number of fused-ring (bicyclic) bond motifs is 1. The normalized spacial score (nSPS) is 18.1. The van der Waals surface area contributed by atoms with E-state index >= 15 is 0 Å². The molecule has 5 nitrogen and oxygen atoms in total. The third kappa shape index (κ3) is 2.57. The first-order valence-corrected chi connectivity index (χ1v) is 6.94. The van der Waals surface area contributed by atoms with Gasteiger partial charge in [-0.1, -0.05) is 12.2 Å². The van der Waals surface area contributed by atoms with Gasteiger partial charge < -0.3 is 20.1 Å². The van der Waals surface area contributed by atoms with Crippen molar-refractivity contribution < 1.29 is 9.84 Å². The number of nitriles is 1. The van der Waals surface area contributed by atoms with Crippen LogP contribution in [0.3, 0.4) is 0 Å². The second-order valence-corrected chi connectivity index (χ2v) is 6.21. The lowest BCUT2D eigenvalue weighted by Crippen LogP contribution is -2.34. The van der Waals surface area contributed by atoms with E-state index in [9.17, 15) is 10.4 Å². The molecule has 1 aromatic rings. The van der Waals surface area contributed by atoms with Gasteiger partial charge in [0.15, 0.2) is 0 Å². The van der Waals surface area contributed by atoms with Crippen molar-refractivity contribution in [1.29, 1.82) is 5.26 Å². The standard InChI is InChI=1S/C14H19N3O2S/c1-8(18)6-17-12(16)10(5-15)9-4-14(2,3)19-7-11(9)13(17)20/h8,18H,4,6-7,16H2,1-3H3/t8-/m0/s1. The van der Waals surface area contributed by atoms with Crippen LogP contribution in [0.2, 0.25) is 0 Å². The lowest BCUT2D eigenvalue weighted by molar-refractivity contribution is -0.0407. The van der Waals surface area contributed by atoms with Crippen molar-refractivity contribution in [2.24, 2.45) is 0 Å². The highest BCUT2D eigenvalue weighted by Gasteiger charge is 2.31. The van der Waals surface area contributed by atoms with E-state index in [1.165, 1.54) is 0 Å². The average Bonchev–Trinajstić information content (AvgIpc) is 2.33. The third-order valence-electron chi connectivity index (χ3n) is 3.48. The molecule has 108 valence electrons. The van der Waals surface area contributed by atoms with E-state index in [0.29, 0.717) is 29.0 Å². The molecule has 0 aliphatic carbocycles. The fourth-order valence-electron chi connectivity index (χ4n) is 2.50. The molecule has 0 unspecified atom stereocenters. The summed E-state index contributed by atoms with van der Waals surface area (Å²) in [7, 11) is 0. The quantitative estimate of drug-likeness (QED) is 0.814. The van der Waals surface area contributed by atoms with Gasteiger partial charge in [0.1, 0.15) is 16.5 Å². The average molecular weight is 293 g/mol. The first-order chi connectivity index (χ1) is 9.26. The Kier molecular flexibility index (Phi) is 3.87. The van der Waals surface area contributed by atoms with Gasteiger partial charge in [0, 0.05) is 12.0 Å². The topological polar surface area (TPSA) is 84.2 Å². The lowest BCUT2D eigenvalue weighted by Gasteiger charge is -2.33. The Morgan fingerprint density at radius 3 is 2.75 bits per heavy atom. The van der Waals surface area contributed by atoms with Gasteiger partial charge in [0.05, 0.1) is 30.4 Å². The molecule has 1 aliphatic heterocycles. The van der Waals surface area contributed by atoms with Gasteiger partial charge in [-0.15, -0.1) is 0 Å². The highest BCUT2D eigenvalue weighted by Crippen LogP contribution is 2.33. The zero-order valence-corrected chi connectivity index (χ0v) is 12.8. The molecule has 20 heavy (non-hydrogen) atoms. The summed E-state index contributed by atoms with van der Waals surface area (Å²) in [5, 5.41) is 19.0. The summed E-state index contributed by atoms with van der Waals surface area (Å²) in [4.78, 5) is 0. The summed E-state index contributed by atoms with van der Waals surface area (Å²) in [6.45, 7) is 6.26. The number of rotatable bonds is 2. The van der Waals surface area contributed by atoms with Gasteiger partial charge >= 0.3 is 0 Å². The van der Waals surface area contributed by atoms with Crippen LogP contribution >= 0.6 is 12.2 Å². The lowest BCUT2D eigenvalue weighted by atomic mass is 9.89. The van der Waals surface area contributed by atoms with Crippen molar-refractivity contribution in [3.05, 3.63) is 21.3 Å². The number of hydrogen-bond donors (Lipinski definition) is 2. The third-order valence-corrected chi connectivity index (χ3v) is 3.95. The molecule has 0 spiro atoms. The maximum Gasteiger partial charge on any atom is 0.122 e. The van der Waals surface area contributed by atoms with Crippen molar-refractivity contribution in [2.45, 2.75) is 52.0 Å². The number of ether oxygens (including phenoxy) is 1. The Balaban J connectivity index is 2.69. The molecule has 0 aromatic carbocycles. The number of pyridine rings is 1. The Labute approximate surface area is 123 Å². The highest BCUT2D eigenvalue weighted by atomic mass is 32.1. The van der Waals surface area contributed by atoms with Gasteiger partial charge in [0.25, 0.3) is 0 Å². The van der Waals surface area contributed by atoms with Crippen LogP contribution < -0.4 is 5.73 Å². The largest absolute Gasteiger partial charge is 0.392 e. The summed E-state index contributed by atoms with van der Waals surface area (Å²) < 4.78 is 7.95. The zero-order chi connectivity index (χ0) is 15.1. The van der Waals surface area contributed by atoms with E-state index < -0.39 is 6.10 Å². The second kappa shape index (κ2) is 5.17. The molecule has 1 aliphatic rings. The summed E-state index contributed by atoms with van der Waals surface area (Å²) in [5.74, 6) is 0.329. The smallest absolute Gasteiger partial charge is 0.122 e. The predicted octanol–water partition coefficient (Wildman–Crippen LogP) is 1.90. The Bertz CT molecular complexity index is 641. The molecule has 1 atom stereocenters. The monoisotopic (exact) mass is 293 g/mol. The Morgan fingerprint density at radius 1 is 1.55 bits per heavy atom. The van der Waals surface area contributed by atoms with Crippen LogP contribution in [0.15, 0.2) is 0 Å². The molecule has 6 heteroatoms. The first-order valence-electron chi connectivity index (χ1n) is 6.53. The number of hydrogen-bond acceptors (Lipinski definition) is 5. The van der Waals surface area contributed by atoms with E-state index in [1.54, 1.807) is 11.5 Å². The molecule has 2 rings (SSSR count). The van der Waals surface area contributed by atoms with Gasteiger partial charge in [0.2, 0.25) is 0 Å². The molecular weight excluding hydrogens is 274 g/mol. The van der Waals surface area contributed by atoms with Crippen molar-refractivity contribution >= 4 is 18.0 Å². The fraction of sp³-hybridized carbons (Fsp3) is 0.571. The second-order valence-electron chi connectivity index (χ2n) is 5.82. The predicted molar refractivity (Wildman–Crippen MR) is 78.6 cm³/mol. The van der Waals surface area contributed by atoms with Gasteiger partial charge in [-0.2, -0.15) is 5.26 Å². The van der Waals surface area contributed by atoms with E-state index in [1.807, 2.05) is 13.8 Å². The molecular formula is C14H19N3O2S. The minimum atomic E-state index is -0.588. The van der Waals surface area contributed by atoms with Crippen molar-refractivity contribution in [3.63, 3.8) is 0 Å². The minimum Gasteiger partial charge on any atom is -0.392 e. The summed E-state index contributed by atoms with van der Waals surface area (Å²) in [6, 6.07) is 2.17. The first kappa shape index (κ1) is 15.0. The van der Waals surface area contributed by atoms with Crippen molar-refractivity contribution in [2.75, 3.05) is 5.73 Å². The SMILES string of the molecule is C[C@H](O)Cn1c(N)c(C#N)c2c(c1=S)COC(C)(C)C2. The van der Waals surface area contributed by atoms with Crippen LogP contribution in [-0.4, -0.2) is 21.4 Å². The van der Waals surface area contributed by atoms with Gasteiger partial charge in [-0.25, -0.2) is 0 Å². The van der Waals surface area contributed by atoms with Crippen molar-refractivity contribution in [1.82, 2.24) is 4.57 Å². The highest BCUT2D eigenvalue weighted by molar-refractivity contribution is 7.71. The van der Waals surface area contributed by atoms with Crippen LogP contribution in [0.1, 0.15) is 37.5 Å². The minimum absolute atomic E-state index is 0.274. The van der Waals surface area contributed by atoms with E-state index in [4.69, 9.17) is 22.7 Å². The van der Waals surface area contributed by atoms with E-state index in [2.05, 4.69) is 6.07 Å². The zero-order valence-electron chi connectivity index (χ0n) is 11.9. The van der Waals surface area contributed by atoms with Crippen LogP contribution in [0.4, 0.5) is 5.82 Å². The van der Waals surface area contributed by atoms with Gasteiger partial charge in [-0.05, 0) is 26.3 Å². The van der Waals surface area contributed by atoms with Crippen molar-refractivity contribution in [3.8, 4) is 6.07 Å². The number of aliphatic hydroxyl groups excluding tert-OH is 1. The van der Waals surface area contributed by atoms with Crippen LogP contribution in [0, 0.1) is 16.0 Å². The number of aliphatic hydroxyl groups is 1. The number of nitrogens with zero attached hydrogens (tertiary/aromatic N) is 2. The Morgan fingerprint density at radius 2 is 2.20 bits per heavy atom. The van der Waals surface area contributed by atoms with Gasteiger partial charge in [-0.3, -0.25) is 0 Å². The van der Waals surface area contributed by atoms with Crippen LogP contribution in [0.25, 0.3) is 0 Å². The van der Waals surface area contributed by atoms with E-state index in [0.717, 1.165) is 11.1 Å². The molecule has 0 saturated heterocycles. The summed E-state index contributed by atoms with van der Waals surface area (Å²) in [5.41, 5.74) is 7.92. The molecule has 3 N–H and O–H groups in total. The fourth-order valence-corrected chi connectivity index (χ4v) is 2.86. The number of nitrogens with two attached hydrogens (primary N) is 1. The molecule has 2 heterocycles.